The molecular formula is C12H17N6+. The molecule has 0 spiro atoms. The Morgan fingerprint density at radius 3 is 2.39 bits per heavy atom. The molecule has 0 aromatic heterocycles. The molecule has 0 N–H and O–H groups in total. The Bertz CT molecular complexity index is 482. The third kappa shape index (κ3) is 2.51. The summed E-state index contributed by atoms with van der Waals surface area (Å²) in [5, 5.41) is 10.2. The summed E-state index contributed by atoms with van der Waals surface area (Å²) in [6, 6.07) is 7.91. The molecule has 1 aromatic rings. The van der Waals surface area contributed by atoms with E-state index in [1.165, 1.54) is 0 Å². The van der Waals surface area contributed by atoms with Crippen molar-refractivity contribution in [1.29, 1.82) is 0 Å². The van der Waals surface area contributed by atoms with Gasteiger partial charge in [0.1, 0.15) is 0 Å². The lowest BCUT2D eigenvalue weighted by Crippen LogP contribution is -2.32. The molecule has 1 aliphatic heterocycles. The summed E-state index contributed by atoms with van der Waals surface area (Å²) in [5.74, 6) is 0. The van der Waals surface area contributed by atoms with Gasteiger partial charge >= 0.3 is 12.5 Å². The zero-order valence-electron chi connectivity index (χ0n) is 11.1. The Morgan fingerprint density at radius 2 is 1.89 bits per heavy atom. The quantitative estimate of drug-likeness (QED) is 0.605. The molecule has 0 saturated heterocycles. The Labute approximate surface area is 107 Å². The van der Waals surface area contributed by atoms with Crippen molar-refractivity contribution in [2.24, 2.45) is 10.2 Å². The van der Waals surface area contributed by atoms with Gasteiger partial charge < -0.3 is 4.90 Å². The van der Waals surface area contributed by atoms with Crippen LogP contribution in [-0.4, -0.2) is 44.4 Å². The van der Waals surface area contributed by atoms with Gasteiger partial charge in [0.05, 0.1) is 19.8 Å². The second-order valence-corrected chi connectivity index (χ2v) is 4.36. The van der Waals surface area contributed by atoms with E-state index in [1.54, 1.807) is 9.91 Å². The van der Waals surface area contributed by atoms with E-state index in [1.807, 2.05) is 57.4 Å². The Morgan fingerprint density at radius 1 is 1.22 bits per heavy atom. The molecule has 1 unspecified atom stereocenters. The Balaban J connectivity index is 2.05. The third-order valence-corrected chi connectivity index (χ3v) is 2.68. The summed E-state index contributed by atoms with van der Waals surface area (Å²) in [6.45, 7) is 0. The first-order valence-corrected chi connectivity index (χ1v) is 5.68. The van der Waals surface area contributed by atoms with Gasteiger partial charge in [0.15, 0.2) is 0 Å². The van der Waals surface area contributed by atoms with Crippen LogP contribution in [0.15, 0.2) is 34.5 Å². The van der Waals surface area contributed by atoms with E-state index < -0.39 is 0 Å². The topological polar surface area (TPSA) is 38.8 Å². The van der Waals surface area contributed by atoms with Crippen molar-refractivity contribution in [3.8, 4) is 6.19 Å². The van der Waals surface area contributed by atoms with Gasteiger partial charge in [-0.3, -0.25) is 0 Å². The van der Waals surface area contributed by atoms with E-state index in [0.717, 1.165) is 11.4 Å². The van der Waals surface area contributed by atoms with Gasteiger partial charge in [-0.1, -0.05) is 5.01 Å². The van der Waals surface area contributed by atoms with Crippen LogP contribution >= 0.6 is 0 Å². The summed E-state index contributed by atoms with van der Waals surface area (Å²) in [5.41, 5.74) is 1.97. The van der Waals surface area contributed by atoms with Crippen LogP contribution in [0, 0.1) is 6.19 Å². The fraction of sp³-hybridized carbons (Fsp3) is 0.417. The first-order valence-electron chi connectivity index (χ1n) is 5.68. The van der Waals surface area contributed by atoms with Gasteiger partial charge in [-0.15, -0.1) is 10.2 Å². The summed E-state index contributed by atoms with van der Waals surface area (Å²) in [4.78, 5) is 7.82. The van der Waals surface area contributed by atoms with Gasteiger partial charge in [0.25, 0.3) is 0 Å². The molecule has 1 heterocycles. The van der Waals surface area contributed by atoms with Crippen molar-refractivity contribution in [1.82, 2.24) is 9.91 Å². The second-order valence-electron chi connectivity index (χ2n) is 4.36. The maximum absolute atomic E-state index is 4.24. The Kier molecular flexibility index (Phi) is 3.33. The highest BCUT2D eigenvalue weighted by atomic mass is 15.6. The number of benzene rings is 1. The molecule has 6 nitrogen and oxygen atoms in total. The predicted octanol–water partition coefficient (Wildman–Crippen LogP) is 2.20. The maximum atomic E-state index is 4.24. The fourth-order valence-corrected chi connectivity index (χ4v) is 1.58. The van der Waals surface area contributed by atoms with Crippen LogP contribution in [0.25, 0.3) is 4.95 Å². The SMILES string of the molecule is CN(C)c1ccc(N=NC2N(C)C#[N+]N2C)cc1. The molecule has 0 bridgehead atoms. The summed E-state index contributed by atoms with van der Waals surface area (Å²) >= 11 is 0. The Hall–Kier alpha value is -2.29. The largest absolute Gasteiger partial charge is 0.411 e. The standard InChI is InChI=1S/C12H17N6/c1-16(2)11-7-5-10(6-8-11)14-15-12-17(3)9-13-18(12)4/h5-8,12H,1-4H3/q+1. The fourth-order valence-electron chi connectivity index (χ4n) is 1.58. The molecular weight excluding hydrogens is 228 g/mol. The van der Waals surface area contributed by atoms with Crippen molar-refractivity contribution in [3.05, 3.63) is 29.2 Å². The molecule has 0 radical (unpaired) electrons. The van der Waals surface area contributed by atoms with Crippen LogP contribution in [-0.2, 0) is 0 Å². The summed E-state index contributed by atoms with van der Waals surface area (Å²) < 4.78 is 0. The molecule has 1 atom stereocenters. The molecule has 6 heteroatoms. The third-order valence-electron chi connectivity index (χ3n) is 2.68. The lowest BCUT2D eigenvalue weighted by atomic mass is 10.3. The van der Waals surface area contributed by atoms with Crippen LogP contribution in [0.5, 0.6) is 0 Å². The summed E-state index contributed by atoms with van der Waals surface area (Å²) in [6.07, 6.45) is 2.59. The number of nitrogens with zero attached hydrogens (tertiary/aromatic N) is 6. The smallest absolute Gasteiger partial charge is 0.378 e. The van der Waals surface area contributed by atoms with Gasteiger partial charge in [0, 0.05) is 19.8 Å². The molecule has 0 amide bonds. The monoisotopic (exact) mass is 245 g/mol. The highest BCUT2D eigenvalue weighted by molar-refractivity contribution is 5.51. The van der Waals surface area contributed by atoms with Crippen LogP contribution in [0.4, 0.5) is 11.4 Å². The van der Waals surface area contributed by atoms with E-state index in [9.17, 15) is 0 Å². The number of azo groups is 1. The van der Waals surface area contributed by atoms with Crippen molar-refractivity contribution < 1.29 is 0 Å². The average Bonchev–Trinajstić information content (AvgIpc) is 2.67. The maximum Gasteiger partial charge on any atom is 0.411 e. The molecule has 94 valence electrons. The van der Waals surface area contributed by atoms with E-state index in [-0.39, 0.29) is 6.29 Å². The highest BCUT2D eigenvalue weighted by Gasteiger charge is 2.31. The van der Waals surface area contributed by atoms with Gasteiger partial charge in [0.2, 0.25) is 0 Å². The van der Waals surface area contributed by atoms with E-state index in [0.29, 0.717) is 0 Å². The van der Waals surface area contributed by atoms with Crippen molar-refractivity contribution in [2.45, 2.75) is 6.29 Å². The minimum Gasteiger partial charge on any atom is -0.378 e. The van der Waals surface area contributed by atoms with E-state index in [2.05, 4.69) is 21.4 Å². The molecule has 0 aliphatic carbocycles. The molecule has 0 saturated carbocycles. The van der Waals surface area contributed by atoms with Crippen LogP contribution < -0.4 is 4.90 Å². The summed E-state index contributed by atoms with van der Waals surface area (Å²) in [7, 11) is 7.72. The second kappa shape index (κ2) is 4.92. The lowest BCUT2D eigenvalue weighted by Gasteiger charge is -2.11. The van der Waals surface area contributed by atoms with Gasteiger partial charge in [-0.25, -0.2) is 0 Å². The normalized spacial score (nSPS) is 18.1. The molecule has 1 aliphatic rings. The van der Waals surface area contributed by atoms with E-state index >= 15 is 0 Å². The van der Waals surface area contributed by atoms with Crippen molar-refractivity contribution in [3.63, 3.8) is 0 Å². The van der Waals surface area contributed by atoms with E-state index in [4.69, 9.17) is 0 Å². The predicted molar refractivity (Wildman–Crippen MR) is 71.8 cm³/mol. The highest BCUT2D eigenvalue weighted by Crippen LogP contribution is 2.20. The minimum atomic E-state index is -0.210. The van der Waals surface area contributed by atoms with Crippen LogP contribution in [0.1, 0.15) is 0 Å². The molecule has 2 rings (SSSR count). The van der Waals surface area contributed by atoms with Crippen molar-refractivity contribution >= 4 is 11.4 Å². The van der Waals surface area contributed by atoms with Crippen LogP contribution in [0.3, 0.4) is 0 Å². The zero-order valence-corrected chi connectivity index (χ0v) is 11.1. The van der Waals surface area contributed by atoms with Crippen molar-refractivity contribution in [2.75, 3.05) is 33.1 Å². The minimum absolute atomic E-state index is 0.210. The number of anilines is 1. The number of rotatable bonds is 3. The first kappa shape index (κ1) is 12.2. The number of hydrogen-bond donors (Lipinski definition) is 0. The van der Waals surface area contributed by atoms with Gasteiger partial charge in [-0.2, -0.15) is 4.90 Å². The van der Waals surface area contributed by atoms with Crippen LogP contribution in [0.2, 0.25) is 0 Å². The lowest BCUT2D eigenvalue weighted by molar-refractivity contribution is 0.205. The molecule has 1 aromatic carbocycles. The zero-order chi connectivity index (χ0) is 13.1. The first-order chi connectivity index (χ1) is 8.58. The number of hydrogen-bond acceptors (Lipinski definition) is 5. The average molecular weight is 245 g/mol. The van der Waals surface area contributed by atoms with Gasteiger partial charge in [-0.05, 0) is 29.2 Å². The molecule has 0 fully saturated rings. The molecule has 18 heavy (non-hydrogen) atoms.